The van der Waals surface area contributed by atoms with Gasteiger partial charge in [0, 0.05) is 6.42 Å². The minimum absolute atomic E-state index is 0.0548. The molecule has 2 aromatic carbocycles. The van der Waals surface area contributed by atoms with E-state index in [1.165, 1.54) is 11.1 Å². The van der Waals surface area contributed by atoms with Crippen LogP contribution >= 0.6 is 0 Å². The summed E-state index contributed by atoms with van der Waals surface area (Å²) in [5.74, 6) is -1.32. The van der Waals surface area contributed by atoms with Crippen LogP contribution in [0.2, 0.25) is 0 Å². The van der Waals surface area contributed by atoms with Gasteiger partial charge in [0.25, 0.3) is 0 Å². The molecule has 28 heavy (non-hydrogen) atoms. The van der Waals surface area contributed by atoms with E-state index in [2.05, 4.69) is 24.3 Å². The van der Waals surface area contributed by atoms with Gasteiger partial charge < -0.3 is 9.47 Å². The second-order valence-corrected chi connectivity index (χ2v) is 7.25. The number of benzene rings is 2. The van der Waals surface area contributed by atoms with E-state index in [-0.39, 0.29) is 24.9 Å². The smallest absolute Gasteiger partial charge is 0.319 e. The van der Waals surface area contributed by atoms with Crippen LogP contribution in [0.25, 0.3) is 0 Å². The molecule has 3 rings (SSSR count). The van der Waals surface area contributed by atoms with E-state index in [1.807, 2.05) is 36.4 Å². The van der Waals surface area contributed by atoms with E-state index < -0.39 is 18.0 Å². The van der Waals surface area contributed by atoms with Crippen LogP contribution in [0, 0.1) is 5.92 Å². The zero-order valence-electron chi connectivity index (χ0n) is 16.4. The summed E-state index contributed by atoms with van der Waals surface area (Å²) in [7, 11) is 0. The molecule has 4 heteroatoms. The average molecular weight is 380 g/mol. The average Bonchev–Trinajstić information content (AvgIpc) is 2.72. The molecule has 0 bridgehead atoms. The summed E-state index contributed by atoms with van der Waals surface area (Å²) in [5, 5.41) is 0. The third-order valence-electron chi connectivity index (χ3n) is 5.21. The summed E-state index contributed by atoms with van der Waals surface area (Å²) in [6.07, 6.45) is 2.71. The number of carbonyl (C=O) groups is 2. The topological polar surface area (TPSA) is 52.6 Å². The SMILES string of the molecule is CCOC(=O)C1C(=O)CC(CCc2ccccc2)OC1CCc1ccccc1. The molecule has 0 radical (unpaired) electrons. The number of esters is 1. The van der Waals surface area contributed by atoms with Crippen LogP contribution in [0.5, 0.6) is 0 Å². The zero-order valence-corrected chi connectivity index (χ0v) is 16.4. The number of ketones is 1. The Morgan fingerprint density at radius 2 is 1.54 bits per heavy atom. The number of ether oxygens (including phenoxy) is 2. The first-order valence-corrected chi connectivity index (χ1v) is 10.1. The Kier molecular flexibility index (Phi) is 7.38. The van der Waals surface area contributed by atoms with Crippen molar-refractivity contribution >= 4 is 11.8 Å². The van der Waals surface area contributed by atoms with Gasteiger partial charge >= 0.3 is 5.97 Å². The number of hydrogen-bond acceptors (Lipinski definition) is 4. The van der Waals surface area contributed by atoms with Crippen LogP contribution in [0.1, 0.15) is 37.3 Å². The molecular formula is C24H28O4. The molecule has 0 saturated carbocycles. The molecule has 1 aliphatic rings. The maximum Gasteiger partial charge on any atom is 0.319 e. The summed E-state index contributed by atoms with van der Waals surface area (Å²) in [4.78, 5) is 25.2. The molecule has 2 aromatic rings. The standard InChI is InChI=1S/C24H28O4/c1-2-27-24(26)23-21(25)17-20(15-13-18-9-5-3-6-10-18)28-22(23)16-14-19-11-7-4-8-12-19/h3-12,20,22-23H,2,13-17H2,1H3. The van der Waals surface area contributed by atoms with Gasteiger partial charge in [-0.05, 0) is 43.7 Å². The van der Waals surface area contributed by atoms with Crippen LogP contribution in [-0.4, -0.2) is 30.6 Å². The van der Waals surface area contributed by atoms with E-state index in [4.69, 9.17) is 9.47 Å². The molecule has 1 fully saturated rings. The van der Waals surface area contributed by atoms with Crippen LogP contribution in [0.15, 0.2) is 60.7 Å². The molecule has 0 amide bonds. The lowest BCUT2D eigenvalue weighted by Gasteiger charge is -2.34. The Bertz CT molecular complexity index is 757. The fourth-order valence-electron chi connectivity index (χ4n) is 3.78. The van der Waals surface area contributed by atoms with E-state index in [1.54, 1.807) is 6.92 Å². The minimum atomic E-state index is -0.809. The van der Waals surface area contributed by atoms with Crippen LogP contribution in [0.3, 0.4) is 0 Å². The Morgan fingerprint density at radius 3 is 2.11 bits per heavy atom. The van der Waals surface area contributed by atoms with Crippen molar-refractivity contribution in [2.24, 2.45) is 5.92 Å². The van der Waals surface area contributed by atoms with Gasteiger partial charge in [-0.25, -0.2) is 0 Å². The summed E-state index contributed by atoms with van der Waals surface area (Å²) in [5.41, 5.74) is 2.40. The molecule has 0 aromatic heterocycles. The van der Waals surface area contributed by atoms with Crippen LogP contribution in [-0.2, 0) is 31.9 Å². The molecule has 0 aliphatic carbocycles. The lowest BCUT2D eigenvalue weighted by molar-refractivity contribution is -0.169. The summed E-state index contributed by atoms with van der Waals surface area (Å²) >= 11 is 0. The first-order chi connectivity index (χ1) is 13.7. The second kappa shape index (κ2) is 10.2. The van der Waals surface area contributed by atoms with Crippen molar-refractivity contribution in [2.75, 3.05) is 6.61 Å². The van der Waals surface area contributed by atoms with Gasteiger partial charge in [0.1, 0.15) is 5.92 Å². The predicted octanol–water partition coefficient (Wildman–Crippen LogP) is 4.16. The quantitative estimate of drug-likeness (QED) is 0.510. The highest BCUT2D eigenvalue weighted by molar-refractivity contribution is 6.00. The number of rotatable bonds is 8. The molecule has 148 valence electrons. The van der Waals surface area contributed by atoms with Crippen LogP contribution < -0.4 is 0 Å². The molecule has 0 spiro atoms. The summed E-state index contributed by atoms with van der Waals surface area (Å²) in [6.45, 7) is 2.03. The lowest BCUT2D eigenvalue weighted by Crippen LogP contribution is -2.46. The summed E-state index contributed by atoms with van der Waals surface area (Å²) < 4.78 is 11.4. The van der Waals surface area contributed by atoms with E-state index in [0.717, 1.165) is 19.3 Å². The second-order valence-electron chi connectivity index (χ2n) is 7.25. The highest BCUT2D eigenvalue weighted by Crippen LogP contribution is 2.29. The Hall–Kier alpha value is -2.46. The molecule has 1 aliphatic heterocycles. The van der Waals surface area contributed by atoms with Crippen molar-refractivity contribution in [3.05, 3.63) is 71.8 Å². The Balaban J connectivity index is 1.66. The molecule has 3 unspecified atom stereocenters. The third kappa shape index (κ3) is 5.52. The van der Waals surface area contributed by atoms with Gasteiger partial charge in [-0.1, -0.05) is 60.7 Å². The van der Waals surface area contributed by atoms with Crippen molar-refractivity contribution in [1.29, 1.82) is 0 Å². The van der Waals surface area contributed by atoms with Gasteiger partial charge in [0.15, 0.2) is 5.78 Å². The zero-order chi connectivity index (χ0) is 19.8. The maximum absolute atomic E-state index is 12.8. The minimum Gasteiger partial charge on any atom is -0.465 e. The first-order valence-electron chi connectivity index (χ1n) is 10.1. The van der Waals surface area contributed by atoms with Crippen molar-refractivity contribution in [3.63, 3.8) is 0 Å². The maximum atomic E-state index is 12.8. The first kappa shape index (κ1) is 20.3. The monoisotopic (exact) mass is 380 g/mol. The molecular weight excluding hydrogens is 352 g/mol. The number of Topliss-reactive ketones (excluding diaryl/α,β-unsaturated/α-hetero) is 1. The van der Waals surface area contributed by atoms with E-state index >= 15 is 0 Å². The largest absolute Gasteiger partial charge is 0.465 e. The molecule has 1 saturated heterocycles. The van der Waals surface area contributed by atoms with Gasteiger partial charge in [0.2, 0.25) is 0 Å². The van der Waals surface area contributed by atoms with Gasteiger partial charge in [-0.15, -0.1) is 0 Å². The highest BCUT2D eigenvalue weighted by Gasteiger charge is 2.42. The van der Waals surface area contributed by atoms with Crippen molar-refractivity contribution in [3.8, 4) is 0 Å². The molecule has 3 atom stereocenters. The van der Waals surface area contributed by atoms with E-state index in [0.29, 0.717) is 6.42 Å². The van der Waals surface area contributed by atoms with Gasteiger partial charge in [0.05, 0.1) is 18.8 Å². The van der Waals surface area contributed by atoms with Crippen molar-refractivity contribution in [1.82, 2.24) is 0 Å². The normalized spacial score (nSPS) is 22.0. The number of hydrogen-bond donors (Lipinski definition) is 0. The Labute approximate surface area is 166 Å². The number of aryl methyl sites for hydroxylation is 2. The van der Waals surface area contributed by atoms with E-state index in [9.17, 15) is 9.59 Å². The van der Waals surface area contributed by atoms with Crippen LogP contribution in [0.4, 0.5) is 0 Å². The van der Waals surface area contributed by atoms with Crippen molar-refractivity contribution in [2.45, 2.75) is 51.2 Å². The van der Waals surface area contributed by atoms with Gasteiger partial charge in [-0.2, -0.15) is 0 Å². The predicted molar refractivity (Wildman–Crippen MR) is 108 cm³/mol. The van der Waals surface area contributed by atoms with Crippen molar-refractivity contribution < 1.29 is 19.1 Å². The summed E-state index contributed by atoms with van der Waals surface area (Å²) in [6, 6.07) is 20.3. The third-order valence-corrected chi connectivity index (χ3v) is 5.21. The highest BCUT2D eigenvalue weighted by atomic mass is 16.5. The molecule has 4 nitrogen and oxygen atoms in total. The fraction of sp³-hybridized carbons (Fsp3) is 0.417. The fourth-order valence-corrected chi connectivity index (χ4v) is 3.78. The molecule has 0 N–H and O–H groups in total. The number of carbonyl (C=O) groups excluding carboxylic acids is 2. The lowest BCUT2D eigenvalue weighted by atomic mass is 9.86. The molecule has 1 heterocycles. The Morgan fingerprint density at radius 1 is 0.964 bits per heavy atom. The van der Waals surface area contributed by atoms with Gasteiger partial charge in [-0.3, -0.25) is 9.59 Å².